The fourth-order valence-corrected chi connectivity index (χ4v) is 15.6. The van der Waals surface area contributed by atoms with E-state index in [9.17, 15) is 0 Å². The van der Waals surface area contributed by atoms with Crippen molar-refractivity contribution in [2.24, 2.45) is 0 Å². The van der Waals surface area contributed by atoms with E-state index in [0.717, 1.165) is 0 Å². The summed E-state index contributed by atoms with van der Waals surface area (Å²) < 4.78 is 0. The third-order valence-electron chi connectivity index (χ3n) is 19.5. The van der Waals surface area contributed by atoms with E-state index in [0.29, 0.717) is 0 Å². The molecule has 0 aliphatic carbocycles. The Labute approximate surface area is 508 Å². The Morgan fingerprint density at radius 3 is 0.636 bits per heavy atom. The van der Waals surface area contributed by atoms with Crippen LogP contribution in [0.1, 0.15) is 0 Å². The molecule has 0 saturated carbocycles. The van der Waals surface area contributed by atoms with Crippen LogP contribution in [0.2, 0.25) is 0 Å². The average Bonchev–Trinajstić information content (AvgIpc) is 1.01. The van der Waals surface area contributed by atoms with Crippen LogP contribution in [0.25, 0.3) is 196 Å². The maximum Gasteiger partial charge on any atom is -0.00206 e. The fourth-order valence-electron chi connectivity index (χ4n) is 15.6. The van der Waals surface area contributed by atoms with Crippen molar-refractivity contribution < 1.29 is 0 Å². The molecule has 20 aromatic carbocycles. The Morgan fingerprint density at radius 1 is 0.114 bits per heavy atom. The summed E-state index contributed by atoms with van der Waals surface area (Å²) in [5.41, 5.74) is 15.1. The molecule has 20 aromatic rings. The van der Waals surface area contributed by atoms with Gasteiger partial charge in [0.25, 0.3) is 0 Å². The van der Waals surface area contributed by atoms with Gasteiger partial charge in [0.1, 0.15) is 0 Å². The minimum absolute atomic E-state index is 1.23. The van der Waals surface area contributed by atoms with E-state index < -0.39 is 0 Å². The molecule has 0 aliphatic heterocycles. The summed E-state index contributed by atoms with van der Waals surface area (Å²) >= 11 is 0. The molecule has 0 spiro atoms. The van der Waals surface area contributed by atoms with Gasteiger partial charge in [0.05, 0.1) is 0 Å². The Hall–Kier alpha value is -11.4. The van der Waals surface area contributed by atoms with Gasteiger partial charge < -0.3 is 0 Å². The van der Waals surface area contributed by atoms with Gasteiger partial charge in [-0.05, 0) is 202 Å². The molecule has 88 heavy (non-hydrogen) atoms. The van der Waals surface area contributed by atoms with Crippen LogP contribution in [-0.2, 0) is 0 Å². The highest BCUT2D eigenvalue weighted by Gasteiger charge is 2.21. The van der Waals surface area contributed by atoms with E-state index in [-0.39, 0.29) is 0 Å². The minimum atomic E-state index is 1.23. The van der Waals surface area contributed by atoms with Gasteiger partial charge in [-0.3, -0.25) is 0 Å². The van der Waals surface area contributed by atoms with E-state index in [1.807, 2.05) is 0 Å². The summed E-state index contributed by atoms with van der Waals surface area (Å²) in [6, 6.07) is 117. The van der Waals surface area contributed by atoms with Crippen LogP contribution in [-0.4, -0.2) is 0 Å². The van der Waals surface area contributed by atoms with Crippen LogP contribution in [0.5, 0.6) is 0 Å². The second-order valence-electron chi connectivity index (χ2n) is 24.1. The highest BCUT2D eigenvalue weighted by molar-refractivity contribution is 6.30. The molecular formula is C88H52. The average molecular weight is 1110 g/mol. The van der Waals surface area contributed by atoms with Crippen molar-refractivity contribution in [1.82, 2.24) is 0 Å². The Bertz CT molecular complexity index is 5920. The van der Waals surface area contributed by atoms with Crippen LogP contribution < -0.4 is 0 Å². The van der Waals surface area contributed by atoms with Gasteiger partial charge in [-0.25, -0.2) is 0 Å². The van der Waals surface area contributed by atoms with E-state index in [1.54, 1.807) is 0 Å². The van der Waals surface area contributed by atoms with Gasteiger partial charge in [0.2, 0.25) is 0 Å². The SMILES string of the molecule is c1cc(-c2ccccc2-c2ccc3ccc4cccc5ccc2c3c45)cc(-c2ccc3ccc4cccc5ccc2c3c45)c1.c1ccc(-c2ccc3ccc4cccc5ccc2c3c45)c(-c2ccccc2-c2ccc3ccc4cccc5ccc2c3c45)c1. The molecule has 0 N–H and O–H groups in total. The summed E-state index contributed by atoms with van der Waals surface area (Å²) in [6.07, 6.45) is 0. The van der Waals surface area contributed by atoms with Crippen molar-refractivity contribution in [1.29, 1.82) is 0 Å². The lowest BCUT2D eigenvalue weighted by atomic mass is 9.84. The first kappa shape index (κ1) is 48.9. The van der Waals surface area contributed by atoms with Gasteiger partial charge >= 0.3 is 0 Å². The molecule has 0 amide bonds. The molecular weight excluding hydrogens is 1060 g/mol. The molecule has 0 atom stereocenters. The number of benzene rings is 20. The summed E-state index contributed by atoms with van der Waals surface area (Å²) in [5, 5.41) is 31.6. The van der Waals surface area contributed by atoms with Gasteiger partial charge in [0.15, 0.2) is 0 Å². The monoisotopic (exact) mass is 1110 g/mol. The summed E-state index contributed by atoms with van der Waals surface area (Å²) in [5.74, 6) is 0. The lowest BCUT2D eigenvalue weighted by Crippen LogP contribution is -1.92. The second-order valence-corrected chi connectivity index (χ2v) is 24.1. The zero-order valence-electron chi connectivity index (χ0n) is 48.0. The third-order valence-corrected chi connectivity index (χ3v) is 19.5. The summed E-state index contributed by atoms with van der Waals surface area (Å²) in [7, 11) is 0. The van der Waals surface area contributed by atoms with E-state index >= 15 is 0 Å². The van der Waals surface area contributed by atoms with Crippen LogP contribution in [0.15, 0.2) is 315 Å². The molecule has 404 valence electrons. The number of hydrogen-bond acceptors (Lipinski definition) is 0. The van der Waals surface area contributed by atoms with Crippen LogP contribution in [0, 0.1) is 0 Å². The van der Waals surface area contributed by atoms with Gasteiger partial charge in [-0.1, -0.05) is 309 Å². The first-order valence-electron chi connectivity index (χ1n) is 30.7. The maximum absolute atomic E-state index is 2.38. The standard InChI is InChI=1S/2C44H26/c1-3-13-35(37-23-19-31-17-15-27-7-5-9-29-21-25-39(37)43(31)41(27)29)33(11-1)34-12-2-4-14-36(34)38-24-20-32-18-16-28-8-6-10-30-22-26-40(38)44(32)42(28)30;1-2-13-37(38-23-19-32-17-15-28-7-4-9-30-21-25-40(38)44(32)42(28)30)35(12-1)33-10-5-11-34(26-33)36-22-18-31-16-14-27-6-3-8-29-20-24-39(36)43(31)41(27)29/h2*1-26H. The first-order valence-corrected chi connectivity index (χ1v) is 30.7. The molecule has 0 unspecified atom stereocenters. The third kappa shape index (κ3) is 7.27. The highest BCUT2D eigenvalue weighted by atomic mass is 14.2. The maximum atomic E-state index is 2.38. The molecule has 0 radical (unpaired) electrons. The van der Waals surface area contributed by atoms with Crippen molar-refractivity contribution in [2.45, 2.75) is 0 Å². The zero-order valence-corrected chi connectivity index (χ0v) is 48.0. The fraction of sp³-hybridized carbons (Fsp3) is 0. The largest absolute Gasteiger partial charge is 0.0616 e. The highest BCUT2D eigenvalue weighted by Crippen LogP contribution is 2.48. The molecule has 20 rings (SSSR count). The topological polar surface area (TPSA) is 0 Å². The van der Waals surface area contributed by atoms with Crippen molar-refractivity contribution in [3.8, 4) is 66.8 Å². The summed E-state index contributed by atoms with van der Waals surface area (Å²) in [4.78, 5) is 0. The van der Waals surface area contributed by atoms with Crippen LogP contribution in [0.3, 0.4) is 0 Å². The van der Waals surface area contributed by atoms with Crippen molar-refractivity contribution in [3.63, 3.8) is 0 Å². The zero-order chi connectivity index (χ0) is 57.6. The first-order chi connectivity index (χ1) is 43.6. The Kier molecular flexibility index (Phi) is 10.6. The molecule has 0 heterocycles. The smallest absolute Gasteiger partial charge is 0.00206 e. The normalized spacial score (nSPS) is 12.1. The molecule has 0 aromatic heterocycles. The minimum Gasteiger partial charge on any atom is -0.0616 e. The lowest BCUT2D eigenvalue weighted by molar-refractivity contribution is 1.59. The molecule has 0 heteroatoms. The predicted molar refractivity (Wildman–Crippen MR) is 380 cm³/mol. The summed E-state index contributed by atoms with van der Waals surface area (Å²) in [6.45, 7) is 0. The van der Waals surface area contributed by atoms with Gasteiger partial charge in [-0.2, -0.15) is 0 Å². The molecule has 0 fully saturated rings. The van der Waals surface area contributed by atoms with Gasteiger partial charge in [-0.15, -0.1) is 0 Å². The molecule has 0 bridgehead atoms. The number of rotatable bonds is 6. The van der Waals surface area contributed by atoms with E-state index in [4.69, 9.17) is 0 Å². The lowest BCUT2D eigenvalue weighted by Gasteiger charge is -2.19. The predicted octanol–water partition coefficient (Wildman–Crippen LogP) is 25.0. The van der Waals surface area contributed by atoms with E-state index in [1.165, 1.54) is 196 Å². The van der Waals surface area contributed by atoms with Gasteiger partial charge in [0, 0.05) is 0 Å². The second kappa shape index (κ2) is 19.0. The van der Waals surface area contributed by atoms with Crippen molar-refractivity contribution in [2.75, 3.05) is 0 Å². The Morgan fingerprint density at radius 2 is 0.318 bits per heavy atom. The quantitative estimate of drug-likeness (QED) is 0.146. The van der Waals surface area contributed by atoms with Crippen molar-refractivity contribution in [3.05, 3.63) is 315 Å². The van der Waals surface area contributed by atoms with Crippen LogP contribution in [0.4, 0.5) is 0 Å². The Balaban J connectivity index is 0.000000128. The molecule has 0 aliphatic rings. The number of hydrogen-bond donors (Lipinski definition) is 0. The molecule has 0 nitrogen and oxygen atoms in total. The van der Waals surface area contributed by atoms with Crippen LogP contribution >= 0.6 is 0 Å². The van der Waals surface area contributed by atoms with Crippen molar-refractivity contribution >= 4 is 129 Å². The van der Waals surface area contributed by atoms with E-state index in [2.05, 4.69) is 315 Å². The molecule has 0 saturated heterocycles.